The van der Waals surface area contributed by atoms with Crippen LogP contribution in [0.3, 0.4) is 0 Å². The van der Waals surface area contributed by atoms with E-state index in [0.717, 1.165) is 5.56 Å². The first kappa shape index (κ1) is 27.3. The highest BCUT2D eigenvalue weighted by Crippen LogP contribution is 2.23. The third-order valence-corrected chi connectivity index (χ3v) is 4.87. The maximum atomic E-state index is 13.8. The predicted molar refractivity (Wildman–Crippen MR) is 132 cm³/mol. The molecule has 1 saturated heterocycles. The van der Waals surface area contributed by atoms with E-state index in [-0.39, 0.29) is 30.8 Å². The molecule has 0 saturated carbocycles. The molecule has 3 rings (SSSR count). The summed E-state index contributed by atoms with van der Waals surface area (Å²) in [5.41, 5.74) is 0.749. The van der Waals surface area contributed by atoms with Crippen LogP contribution in [-0.2, 0) is 11.3 Å². The van der Waals surface area contributed by atoms with E-state index in [4.69, 9.17) is 9.47 Å². The zero-order valence-electron chi connectivity index (χ0n) is 21.0. The van der Waals surface area contributed by atoms with Gasteiger partial charge in [-0.15, -0.1) is 0 Å². The minimum absolute atomic E-state index is 0.145. The summed E-state index contributed by atoms with van der Waals surface area (Å²) in [6.07, 6.45) is 0.911. The number of carbonyl (C=O) groups is 2. The van der Waals surface area contributed by atoms with Gasteiger partial charge in [-0.2, -0.15) is 0 Å². The van der Waals surface area contributed by atoms with Crippen LogP contribution in [0.2, 0.25) is 0 Å². The number of halogens is 1. The van der Waals surface area contributed by atoms with E-state index in [0.29, 0.717) is 31.7 Å². The van der Waals surface area contributed by atoms with E-state index in [1.807, 2.05) is 56.0 Å². The second kappa shape index (κ2) is 13.1. The second-order valence-corrected chi connectivity index (χ2v) is 9.29. The van der Waals surface area contributed by atoms with Gasteiger partial charge in [0.2, 0.25) is 0 Å². The van der Waals surface area contributed by atoms with Crippen LogP contribution in [-0.4, -0.2) is 60.0 Å². The SMILES string of the molecule is CC(C)(C)OC(=O)N1CCN(CC(=O)c2ccc(F)cc2OCc2ccccc2)CC1.CCC. The van der Waals surface area contributed by atoms with Crippen LogP contribution in [0.15, 0.2) is 48.5 Å². The predicted octanol–water partition coefficient (Wildman–Crippen LogP) is 5.56. The lowest BCUT2D eigenvalue weighted by atomic mass is 10.1. The molecule has 0 radical (unpaired) electrons. The molecule has 1 aliphatic rings. The Bertz CT molecular complexity index is 920. The summed E-state index contributed by atoms with van der Waals surface area (Å²) < 4.78 is 24.9. The summed E-state index contributed by atoms with van der Waals surface area (Å²) in [5.74, 6) is -0.361. The Kier molecular flexibility index (Phi) is 10.5. The third-order valence-electron chi connectivity index (χ3n) is 4.87. The first-order valence-electron chi connectivity index (χ1n) is 11.8. The van der Waals surface area contributed by atoms with Crippen LogP contribution < -0.4 is 4.74 Å². The Hall–Kier alpha value is -2.93. The van der Waals surface area contributed by atoms with Gasteiger partial charge in [0.05, 0.1) is 12.1 Å². The van der Waals surface area contributed by atoms with Gasteiger partial charge in [-0.05, 0) is 38.5 Å². The Labute approximate surface area is 202 Å². The molecule has 34 heavy (non-hydrogen) atoms. The van der Waals surface area contributed by atoms with Crippen molar-refractivity contribution in [1.82, 2.24) is 9.80 Å². The molecule has 2 aromatic rings. The molecule has 2 aromatic carbocycles. The first-order chi connectivity index (χ1) is 16.1. The molecular formula is C27H37FN2O4. The van der Waals surface area contributed by atoms with Crippen molar-refractivity contribution in [1.29, 1.82) is 0 Å². The van der Waals surface area contributed by atoms with Crippen molar-refractivity contribution in [2.24, 2.45) is 0 Å². The largest absolute Gasteiger partial charge is 0.488 e. The van der Waals surface area contributed by atoms with Crippen LogP contribution in [0.5, 0.6) is 5.75 Å². The quantitative estimate of drug-likeness (QED) is 0.516. The molecular weight excluding hydrogens is 435 g/mol. The topological polar surface area (TPSA) is 59.1 Å². The minimum Gasteiger partial charge on any atom is -0.488 e. The Morgan fingerprint density at radius 3 is 2.18 bits per heavy atom. The lowest BCUT2D eigenvalue weighted by Gasteiger charge is -2.35. The van der Waals surface area contributed by atoms with Crippen molar-refractivity contribution >= 4 is 11.9 Å². The lowest BCUT2D eigenvalue weighted by molar-refractivity contribution is 0.0149. The van der Waals surface area contributed by atoms with E-state index in [1.165, 1.54) is 24.6 Å². The fourth-order valence-corrected chi connectivity index (χ4v) is 3.28. The number of benzene rings is 2. The fourth-order valence-electron chi connectivity index (χ4n) is 3.28. The lowest BCUT2D eigenvalue weighted by Crippen LogP contribution is -2.51. The summed E-state index contributed by atoms with van der Waals surface area (Å²) >= 11 is 0. The van der Waals surface area contributed by atoms with Crippen molar-refractivity contribution in [3.05, 3.63) is 65.5 Å². The Balaban J connectivity index is 0.00000129. The highest BCUT2D eigenvalue weighted by atomic mass is 19.1. The van der Waals surface area contributed by atoms with E-state index >= 15 is 0 Å². The molecule has 186 valence electrons. The van der Waals surface area contributed by atoms with Gasteiger partial charge in [0.15, 0.2) is 5.78 Å². The van der Waals surface area contributed by atoms with E-state index < -0.39 is 11.4 Å². The number of hydrogen-bond acceptors (Lipinski definition) is 5. The molecule has 6 nitrogen and oxygen atoms in total. The smallest absolute Gasteiger partial charge is 0.410 e. The number of rotatable bonds is 6. The molecule has 1 aliphatic heterocycles. The summed E-state index contributed by atoms with van der Waals surface area (Å²) in [7, 11) is 0. The minimum atomic E-state index is -0.539. The number of carbonyl (C=O) groups excluding carboxylic acids is 2. The molecule has 1 heterocycles. The monoisotopic (exact) mass is 472 g/mol. The number of hydrogen-bond donors (Lipinski definition) is 0. The Morgan fingerprint density at radius 1 is 0.971 bits per heavy atom. The molecule has 0 spiro atoms. The molecule has 0 atom stereocenters. The molecule has 1 fully saturated rings. The molecule has 0 bridgehead atoms. The summed E-state index contributed by atoms with van der Waals surface area (Å²) in [6.45, 7) is 12.3. The van der Waals surface area contributed by atoms with Crippen LogP contribution in [0.1, 0.15) is 57.0 Å². The highest BCUT2D eigenvalue weighted by molar-refractivity contribution is 6.00. The molecule has 1 amide bonds. The van der Waals surface area contributed by atoms with E-state index in [2.05, 4.69) is 13.8 Å². The Morgan fingerprint density at radius 2 is 1.59 bits per heavy atom. The zero-order valence-corrected chi connectivity index (χ0v) is 21.0. The average Bonchev–Trinajstić information content (AvgIpc) is 2.78. The van der Waals surface area contributed by atoms with Gasteiger partial charge >= 0.3 is 6.09 Å². The van der Waals surface area contributed by atoms with Crippen LogP contribution >= 0.6 is 0 Å². The maximum absolute atomic E-state index is 13.8. The molecule has 7 heteroatoms. The standard InChI is InChI=1S/C24H29FN2O4.C3H8/c1-24(2,3)31-23(29)27-13-11-26(12-14-27)16-21(28)20-10-9-19(25)15-22(20)30-17-18-7-5-4-6-8-18;1-3-2/h4-10,15H,11-14,16-17H2,1-3H3;3H2,1-2H3. The van der Waals surface area contributed by atoms with Gasteiger partial charge in [0, 0.05) is 32.2 Å². The zero-order chi connectivity index (χ0) is 25.1. The second-order valence-electron chi connectivity index (χ2n) is 9.29. The summed E-state index contributed by atoms with van der Waals surface area (Å²) in [5, 5.41) is 0. The number of amides is 1. The number of Topliss-reactive ketones (excluding diaryl/α,β-unsaturated/α-hetero) is 1. The number of ketones is 1. The van der Waals surface area contributed by atoms with Crippen LogP contribution in [0.4, 0.5) is 9.18 Å². The highest BCUT2D eigenvalue weighted by Gasteiger charge is 2.27. The van der Waals surface area contributed by atoms with E-state index in [9.17, 15) is 14.0 Å². The van der Waals surface area contributed by atoms with Gasteiger partial charge in [-0.3, -0.25) is 9.69 Å². The molecule has 0 unspecified atom stereocenters. The molecule has 0 aromatic heterocycles. The number of ether oxygens (including phenoxy) is 2. The normalized spacial score (nSPS) is 14.1. The first-order valence-corrected chi connectivity index (χ1v) is 11.8. The average molecular weight is 473 g/mol. The molecule has 0 N–H and O–H groups in total. The van der Waals surface area contributed by atoms with Crippen molar-refractivity contribution in [2.45, 2.75) is 53.2 Å². The van der Waals surface area contributed by atoms with Crippen molar-refractivity contribution in [3.63, 3.8) is 0 Å². The summed E-state index contributed by atoms with van der Waals surface area (Å²) in [4.78, 5) is 28.7. The number of nitrogens with zero attached hydrogens (tertiary/aromatic N) is 2. The fraction of sp³-hybridized carbons (Fsp3) is 0.481. The van der Waals surface area contributed by atoms with Crippen LogP contribution in [0, 0.1) is 5.82 Å². The van der Waals surface area contributed by atoms with Gasteiger partial charge in [0.1, 0.15) is 23.8 Å². The van der Waals surface area contributed by atoms with Crippen LogP contribution in [0.25, 0.3) is 0 Å². The summed E-state index contributed by atoms with van der Waals surface area (Å²) in [6, 6.07) is 13.5. The number of piperazine rings is 1. The van der Waals surface area contributed by atoms with Gasteiger partial charge in [-0.25, -0.2) is 9.18 Å². The van der Waals surface area contributed by atoms with Gasteiger partial charge in [-0.1, -0.05) is 50.6 Å². The van der Waals surface area contributed by atoms with Crippen molar-refractivity contribution < 1.29 is 23.5 Å². The van der Waals surface area contributed by atoms with Gasteiger partial charge in [0.25, 0.3) is 0 Å². The molecule has 0 aliphatic carbocycles. The maximum Gasteiger partial charge on any atom is 0.410 e. The third kappa shape index (κ3) is 9.14. The van der Waals surface area contributed by atoms with Gasteiger partial charge < -0.3 is 14.4 Å². The van der Waals surface area contributed by atoms with Crippen molar-refractivity contribution in [2.75, 3.05) is 32.7 Å². The van der Waals surface area contributed by atoms with E-state index in [1.54, 1.807) is 4.90 Å². The van der Waals surface area contributed by atoms with Crippen molar-refractivity contribution in [3.8, 4) is 5.75 Å².